The number of hydrogen-bond acceptors (Lipinski definition) is 3. The van der Waals surface area contributed by atoms with E-state index in [2.05, 4.69) is 29.1 Å². The topological polar surface area (TPSA) is 37.8 Å². The number of rotatable bonds is 6. The van der Waals surface area contributed by atoms with E-state index < -0.39 is 0 Å². The molecule has 3 nitrogen and oxygen atoms in total. The van der Waals surface area contributed by atoms with Crippen molar-refractivity contribution < 1.29 is 0 Å². The highest BCUT2D eigenvalue weighted by Gasteiger charge is 2.17. The Balaban J connectivity index is 2.47. The van der Waals surface area contributed by atoms with Gasteiger partial charge in [0.2, 0.25) is 0 Å². The van der Waals surface area contributed by atoms with Crippen molar-refractivity contribution in [1.29, 1.82) is 0 Å². The Morgan fingerprint density at radius 2 is 2.19 bits per heavy atom. The minimum Gasteiger partial charge on any atom is -0.368 e. The number of hydrogen-bond donors (Lipinski definition) is 1. The van der Waals surface area contributed by atoms with Crippen LogP contribution in [0.25, 0.3) is 0 Å². The molecule has 1 N–H and O–H groups in total. The number of anilines is 1. The molecule has 0 radical (unpaired) electrons. The molecule has 0 spiro atoms. The standard InChI is InChI=1S/C11H17Cl2N3/c1-11(2,4-3-5-12)7-15-10-9(13)6-14-8-16-10/h6,8H,3-5,7H2,1-2H3,(H,14,15,16). The van der Waals surface area contributed by atoms with Crippen LogP contribution >= 0.6 is 23.2 Å². The van der Waals surface area contributed by atoms with Gasteiger partial charge in [-0.15, -0.1) is 11.6 Å². The van der Waals surface area contributed by atoms with Gasteiger partial charge in [-0.25, -0.2) is 9.97 Å². The van der Waals surface area contributed by atoms with Gasteiger partial charge in [0.1, 0.15) is 17.2 Å². The lowest BCUT2D eigenvalue weighted by Crippen LogP contribution is -2.23. The van der Waals surface area contributed by atoms with E-state index in [0.29, 0.717) is 16.7 Å². The molecule has 0 fully saturated rings. The van der Waals surface area contributed by atoms with Gasteiger partial charge < -0.3 is 5.32 Å². The molecule has 0 bridgehead atoms. The number of aromatic nitrogens is 2. The molecule has 5 heteroatoms. The van der Waals surface area contributed by atoms with Crippen LogP contribution in [-0.2, 0) is 0 Å². The zero-order valence-electron chi connectivity index (χ0n) is 9.63. The highest BCUT2D eigenvalue weighted by molar-refractivity contribution is 6.32. The summed E-state index contributed by atoms with van der Waals surface area (Å²) in [6, 6.07) is 0. The maximum Gasteiger partial charge on any atom is 0.148 e. The van der Waals surface area contributed by atoms with Crippen molar-refractivity contribution in [2.45, 2.75) is 26.7 Å². The molecule has 1 aromatic rings. The Bertz CT molecular complexity index is 329. The molecule has 0 aliphatic heterocycles. The Morgan fingerprint density at radius 3 is 2.81 bits per heavy atom. The second-order valence-corrected chi connectivity index (χ2v) is 5.31. The van der Waals surface area contributed by atoms with E-state index in [9.17, 15) is 0 Å². The molecule has 1 rings (SSSR count). The number of alkyl halides is 1. The summed E-state index contributed by atoms with van der Waals surface area (Å²) < 4.78 is 0. The van der Waals surface area contributed by atoms with Crippen LogP contribution in [0.15, 0.2) is 12.5 Å². The van der Waals surface area contributed by atoms with Crippen molar-refractivity contribution in [3.8, 4) is 0 Å². The van der Waals surface area contributed by atoms with Crippen LogP contribution in [0.3, 0.4) is 0 Å². The fourth-order valence-electron chi connectivity index (χ4n) is 1.40. The third-order valence-electron chi connectivity index (χ3n) is 2.39. The second kappa shape index (κ2) is 6.26. The van der Waals surface area contributed by atoms with E-state index in [1.54, 1.807) is 6.20 Å². The van der Waals surface area contributed by atoms with Gasteiger partial charge in [0, 0.05) is 12.4 Å². The third-order valence-corrected chi connectivity index (χ3v) is 2.93. The molecule has 0 aliphatic rings. The summed E-state index contributed by atoms with van der Waals surface area (Å²) in [6.07, 6.45) is 5.17. The molecule has 1 aromatic heterocycles. The summed E-state index contributed by atoms with van der Waals surface area (Å²) in [7, 11) is 0. The number of halogens is 2. The van der Waals surface area contributed by atoms with Crippen LogP contribution in [0.2, 0.25) is 5.02 Å². The molecule has 0 aromatic carbocycles. The lowest BCUT2D eigenvalue weighted by atomic mass is 9.88. The van der Waals surface area contributed by atoms with Gasteiger partial charge in [-0.1, -0.05) is 25.4 Å². The van der Waals surface area contributed by atoms with Crippen molar-refractivity contribution >= 4 is 29.0 Å². The van der Waals surface area contributed by atoms with Crippen molar-refractivity contribution in [3.05, 3.63) is 17.5 Å². The molecule has 1 heterocycles. The maximum absolute atomic E-state index is 5.95. The first-order chi connectivity index (χ1) is 7.55. The molecule has 0 unspecified atom stereocenters. The second-order valence-electron chi connectivity index (χ2n) is 4.53. The van der Waals surface area contributed by atoms with Gasteiger partial charge in [-0.3, -0.25) is 0 Å². The summed E-state index contributed by atoms with van der Waals surface area (Å²) >= 11 is 11.6. The minimum atomic E-state index is 0.184. The fraction of sp³-hybridized carbons (Fsp3) is 0.636. The van der Waals surface area contributed by atoms with E-state index in [-0.39, 0.29) is 5.41 Å². The van der Waals surface area contributed by atoms with Gasteiger partial charge in [0.15, 0.2) is 0 Å². The lowest BCUT2D eigenvalue weighted by molar-refractivity contribution is 0.355. The van der Waals surface area contributed by atoms with E-state index in [1.807, 2.05) is 0 Å². The van der Waals surface area contributed by atoms with Crippen molar-refractivity contribution in [2.24, 2.45) is 5.41 Å². The first-order valence-electron chi connectivity index (χ1n) is 5.30. The van der Waals surface area contributed by atoms with Crippen LogP contribution in [0.4, 0.5) is 5.82 Å². The monoisotopic (exact) mass is 261 g/mol. The SMILES string of the molecule is CC(C)(CCCCl)CNc1ncncc1Cl. The number of nitrogens with zero attached hydrogens (tertiary/aromatic N) is 2. The van der Waals surface area contributed by atoms with Gasteiger partial charge in [0.05, 0.1) is 6.20 Å². The van der Waals surface area contributed by atoms with Gasteiger partial charge in [-0.05, 0) is 18.3 Å². The molecule has 0 atom stereocenters. The largest absolute Gasteiger partial charge is 0.368 e. The molecule has 0 saturated heterocycles. The van der Waals surface area contributed by atoms with E-state index >= 15 is 0 Å². The van der Waals surface area contributed by atoms with E-state index in [1.165, 1.54) is 6.33 Å². The van der Waals surface area contributed by atoms with Crippen LogP contribution in [-0.4, -0.2) is 22.4 Å². The van der Waals surface area contributed by atoms with Crippen LogP contribution in [0.5, 0.6) is 0 Å². The smallest absolute Gasteiger partial charge is 0.148 e. The molecular weight excluding hydrogens is 245 g/mol. The number of nitrogens with one attached hydrogen (secondary N) is 1. The molecule has 90 valence electrons. The summed E-state index contributed by atoms with van der Waals surface area (Å²) in [6.45, 7) is 5.21. The summed E-state index contributed by atoms with van der Waals surface area (Å²) in [5.74, 6) is 1.40. The lowest BCUT2D eigenvalue weighted by Gasteiger charge is -2.25. The highest BCUT2D eigenvalue weighted by atomic mass is 35.5. The molecule has 0 saturated carbocycles. The Hall–Kier alpha value is -0.540. The Morgan fingerprint density at radius 1 is 1.44 bits per heavy atom. The summed E-state index contributed by atoms with van der Waals surface area (Å²) in [5.41, 5.74) is 0.184. The summed E-state index contributed by atoms with van der Waals surface area (Å²) in [4.78, 5) is 7.92. The van der Waals surface area contributed by atoms with Crippen LogP contribution in [0, 0.1) is 5.41 Å². The predicted octanol–water partition coefficient (Wildman–Crippen LogP) is 3.59. The first kappa shape index (κ1) is 13.5. The average molecular weight is 262 g/mol. The fourth-order valence-corrected chi connectivity index (χ4v) is 1.71. The minimum absolute atomic E-state index is 0.184. The Kier molecular flexibility index (Phi) is 5.29. The first-order valence-corrected chi connectivity index (χ1v) is 6.22. The Labute approximate surface area is 107 Å². The zero-order chi connectivity index (χ0) is 12.0. The average Bonchev–Trinajstić information content (AvgIpc) is 2.26. The van der Waals surface area contributed by atoms with E-state index in [4.69, 9.17) is 23.2 Å². The van der Waals surface area contributed by atoms with Crippen molar-refractivity contribution in [1.82, 2.24) is 9.97 Å². The van der Waals surface area contributed by atoms with Crippen LogP contribution in [0.1, 0.15) is 26.7 Å². The predicted molar refractivity (Wildman–Crippen MR) is 69.3 cm³/mol. The van der Waals surface area contributed by atoms with Crippen molar-refractivity contribution in [2.75, 3.05) is 17.7 Å². The third kappa shape index (κ3) is 4.54. The summed E-state index contributed by atoms with van der Waals surface area (Å²) in [5, 5.41) is 3.79. The van der Waals surface area contributed by atoms with Gasteiger partial charge in [-0.2, -0.15) is 0 Å². The van der Waals surface area contributed by atoms with Crippen molar-refractivity contribution in [3.63, 3.8) is 0 Å². The quantitative estimate of drug-likeness (QED) is 0.796. The zero-order valence-corrected chi connectivity index (χ0v) is 11.1. The molecular formula is C11H17Cl2N3. The molecule has 0 amide bonds. The maximum atomic E-state index is 5.95. The van der Waals surface area contributed by atoms with Gasteiger partial charge >= 0.3 is 0 Å². The van der Waals surface area contributed by atoms with E-state index in [0.717, 1.165) is 19.4 Å². The van der Waals surface area contributed by atoms with Crippen LogP contribution < -0.4 is 5.32 Å². The highest BCUT2D eigenvalue weighted by Crippen LogP contribution is 2.24. The molecule has 16 heavy (non-hydrogen) atoms. The molecule has 0 aliphatic carbocycles. The normalized spacial score (nSPS) is 11.5. The van der Waals surface area contributed by atoms with Gasteiger partial charge in [0.25, 0.3) is 0 Å².